The number of urea groups is 1. The molecule has 2 N–H and O–H groups in total. The summed E-state index contributed by atoms with van der Waals surface area (Å²) in [6.45, 7) is 2.14. The van der Waals surface area contributed by atoms with Gasteiger partial charge in [0.1, 0.15) is 5.54 Å². The first-order valence-corrected chi connectivity index (χ1v) is 6.73. The number of rotatable bonds is 6. The van der Waals surface area contributed by atoms with Crippen LogP contribution in [0.4, 0.5) is 4.79 Å². The fourth-order valence-corrected chi connectivity index (χ4v) is 2.45. The monoisotopic (exact) mass is 261 g/mol. The van der Waals surface area contributed by atoms with Crippen molar-refractivity contribution in [2.75, 3.05) is 0 Å². The summed E-state index contributed by atoms with van der Waals surface area (Å²) >= 11 is 0. The van der Waals surface area contributed by atoms with Crippen LogP contribution in [0.15, 0.2) is 24.5 Å². The van der Waals surface area contributed by atoms with Gasteiger partial charge in [0.2, 0.25) is 0 Å². The number of hydrogen-bond donors (Lipinski definition) is 2. The van der Waals surface area contributed by atoms with Crippen LogP contribution in [-0.2, 0) is 10.3 Å². The van der Waals surface area contributed by atoms with Crippen LogP contribution < -0.4 is 10.6 Å². The highest BCUT2D eigenvalue weighted by Gasteiger charge is 2.47. The van der Waals surface area contributed by atoms with E-state index in [-0.39, 0.29) is 5.91 Å². The molecule has 19 heavy (non-hydrogen) atoms. The van der Waals surface area contributed by atoms with Gasteiger partial charge in [0.05, 0.1) is 0 Å². The zero-order valence-electron chi connectivity index (χ0n) is 11.1. The average Bonchev–Trinajstić information content (AvgIpc) is 2.71. The minimum absolute atomic E-state index is 0.276. The van der Waals surface area contributed by atoms with Crippen molar-refractivity contribution in [1.29, 1.82) is 0 Å². The molecular weight excluding hydrogens is 242 g/mol. The average molecular weight is 261 g/mol. The van der Waals surface area contributed by atoms with E-state index in [1.807, 2.05) is 6.07 Å². The molecule has 1 atom stereocenters. The Balaban J connectivity index is 2.19. The third-order valence-corrected chi connectivity index (χ3v) is 3.50. The molecule has 0 spiro atoms. The second-order valence-corrected chi connectivity index (χ2v) is 4.87. The van der Waals surface area contributed by atoms with Crippen LogP contribution in [0, 0.1) is 0 Å². The first kappa shape index (κ1) is 13.5. The van der Waals surface area contributed by atoms with Crippen LogP contribution in [0.1, 0.15) is 44.6 Å². The van der Waals surface area contributed by atoms with E-state index in [1.165, 1.54) is 0 Å². The minimum Gasteiger partial charge on any atom is -0.319 e. The molecule has 0 saturated carbocycles. The number of amides is 3. The van der Waals surface area contributed by atoms with Crippen molar-refractivity contribution in [1.82, 2.24) is 15.6 Å². The fraction of sp³-hybridized carbons (Fsp3) is 0.500. The van der Waals surface area contributed by atoms with Gasteiger partial charge in [0.15, 0.2) is 0 Å². The SMILES string of the molecule is CCCCCC[C@]1(c2cccnc2)NC(=O)NC1=O. The van der Waals surface area contributed by atoms with Crippen LogP contribution in [0.5, 0.6) is 0 Å². The number of hydrogen-bond acceptors (Lipinski definition) is 3. The van der Waals surface area contributed by atoms with Gasteiger partial charge in [-0.1, -0.05) is 38.7 Å². The molecule has 0 aromatic carbocycles. The van der Waals surface area contributed by atoms with E-state index in [2.05, 4.69) is 22.5 Å². The second-order valence-electron chi connectivity index (χ2n) is 4.87. The molecule has 5 nitrogen and oxygen atoms in total. The topological polar surface area (TPSA) is 71.1 Å². The van der Waals surface area contributed by atoms with Crippen LogP contribution in [0.2, 0.25) is 0 Å². The predicted octanol–water partition coefficient (Wildman–Crippen LogP) is 2.09. The Morgan fingerprint density at radius 2 is 2.11 bits per heavy atom. The van der Waals surface area contributed by atoms with Crippen LogP contribution in [0.25, 0.3) is 0 Å². The van der Waals surface area contributed by atoms with Crippen molar-refractivity contribution >= 4 is 11.9 Å². The van der Waals surface area contributed by atoms with Crippen molar-refractivity contribution in [3.05, 3.63) is 30.1 Å². The van der Waals surface area contributed by atoms with E-state index in [4.69, 9.17) is 0 Å². The Hall–Kier alpha value is -1.91. The molecule has 0 bridgehead atoms. The highest BCUT2D eigenvalue weighted by Crippen LogP contribution is 2.30. The maximum atomic E-state index is 12.1. The Morgan fingerprint density at radius 1 is 1.26 bits per heavy atom. The molecule has 1 aliphatic rings. The second kappa shape index (κ2) is 5.82. The highest BCUT2D eigenvalue weighted by atomic mass is 16.2. The molecule has 102 valence electrons. The Morgan fingerprint density at radius 3 is 2.68 bits per heavy atom. The number of carbonyl (C=O) groups is 2. The summed E-state index contributed by atoms with van der Waals surface area (Å²) in [4.78, 5) is 27.7. The minimum atomic E-state index is -0.945. The van der Waals surface area contributed by atoms with E-state index >= 15 is 0 Å². The van der Waals surface area contributed by atoms with E-state index in [0.29, 0.717) is 6.42 Å². The number of unbranched alkanes of at least 4 members (excludes halogenated alkanes) is 3. The van der Waals surface area contributed by atoms with E-state index < -0.39 is 11.6 Å². The van der Waals surface area contributed by atoms with Crippen LogP contribution in [-0.4, -0.2) is 16.9 Å². The van der Waals surface area contributed by atoms with Gasteiger partial charge < -0.3 is 5.32 Å². The van der Waals surface area contributed by atoms with Gasteiger partial charge in [0, 0.05) is 18.0 Å². The lowest BCUT2D eigenvalue weighted by molar-refractivity contribution is -0.124. The number of imide groups is 1. The third-order valence-electron chi connectivity index (χ3n) is 3.50. The van der Waals surface area contributed by atoms with Gasteiger partial charge in [-0.15, -0.1) is 0 Å². The zero-order valence-corrected chi connectivity index (χ0v) is 11.1. The number of pyridine rings is 1. The summed E-state index contributed by atoms with van der Waals surface area (Å²) in [5.41, 5.74) is -0.200. The summed E-state index contributed by atoms with van der Waals surface area (Å²) in [5, 5.41) is 5.10. The summed E-state index contributed by atoms with van der Waals surface area (Å²) in [5.74, 6) is -0.276. The molecule has 1 fully saturated rings. The van der Waals surface area contributed by atoms with Crippen LogP contribution >= 0.6 is 0 Å². The Labute approximate surface area is 112 Å². The summed E-state index contributed by atoms with van der Waals surface area (Å²) in [7, 11) is 0. The van der Waals surface area contributed by atoms with Gasteiger partial charge in [-0.2, -0.15) is 0 Å². The highest BCUT2D eigenvalue weighted by molar-refractivity contribution is 6.07. The van der Waals surface area contributed by atoms with E-state index in [0.717, 1.165) is 31.2 Å². The molecule has 2 rings (SSSR count). The van der Waals surface area contributed by atoms with Crippen LogP contribution in [0.3, 0.4) is 0 Å². The largest absolute Gasteiger partial charge is 0.322 e. The standard InChI is InChI=1S/C14H19N3O2/c1-2-3-4-5-8-14(11-7-6-9-15-10-11)12(18)16-13(19)17-14/h6-7,9-10H,2-5,8H2,1H3,(H2,16,17,18,19)/t14-/m1/s1. The first-order valence-electron chi connectivity index (χ1n) is 6.73. The number of carbonyl (C=O) groups excluding carboxylic acids is 2. The molecule has 0 aliphatic carbocycles. The molecule has 1 aromatic rings. The maximum absolute atomic E-state index is 12.1. The van der Waals surface area contributed by atoms with Crippen molar-refractivity contribution < 1.29 is 9.59 Å². The number of nitrogens with one attached hydrogen (secondary N) is 2. The molecule has 2 heterocycles. The van der Waals surface area contributed by atoms with Gasteiger partial charge in [0.25, 0.3) is 5.91 Å². The summed E-state index contributed by atoms with van der Waals surface area (Å²) in [6.07, 6.45) is 8.14. The quantitative estimate of drug-likeness (QED) is 0.608. The molecule has 1 aromatic heterocycles. The number of nitrogens with zero attached hydrogens (tertiary/aromatic N) is 1. The summed E-state index contributed by atoms with van der Waals surface area (Å²) < 4.78 is 0. The zero-order chi connectivity index (χ0) is 13.7. The normalized spacial score (nSPS) is 22.2. The van der Waals surface area contributed by atoms with E-state index in [9.17, 15) is 9.59 Å². The molecule has 5 heteroatoms. The molecule has 1 aliphatic heterocycles. The predicted molar refractivity (Wildman–Crippen MR) is 71.3 cm³/mol. The summed E-state index contributed by atoms with van der Waals surface area (Å²) in [6, 6.07) is 3.18. The third kappa shape index (κ3) is 2.75. The molecular formula is C14H19N3O2. The van der Waals surface area contributed by atoms with Gasteiger partial charge in [-0.3, -0.25) is 15.1 Å². The molecule has 0 radical (unpaired) electrons. The van der Waals surface area contributed by atoms with Crippen molar-refractivity contribution in [3.8, 4) is 0 Å². The van der Waals surface area contributed by atoms with Crippen molar-refractivity contribution in [2.45, 2.75) is 44.6 Å². The molecule has 3 amide bonds. The fourth-order valence-electron chi connectivity index (χ4n) is 2.45. The molecule has 0 unspecified atom stereocenters. The number of aromatic nitrogens is 1. The maximum Gasteiger partial charge on any atom is 0.322 e. The Kier molecular flexibility index (Phi) is 4.14. The smallest absolute Gasteiger partial charge is 0.319 e. The van der Waals surface area contributed by atoms with Gasteiger partial charge >= 0.3 is 6.03 Å². The van der Waals surface area contributed by atoms with Gasteiger partial charge in [-0.25, -0.2) is 4.79 Å². The first-order chi connectivity index (χ1) is 9.19. The Bertz CT molecular complexity index is 461. The lowest BCUT2D eigenvalue weighted by Gasteiger charge is -2.26. The lowest BCUT2D eigenvalue weighted by Crippen LogP contribution is -2.43. The van der Waals surface area contributed by atoms with Crippen molar-refractivity contribution in [3.63, 3.8) is 0 Å². The van der Waals surface area contributed by atoms with Crippen molar-refractivity contribution in [2.24, 2.45) is 0 Å². The lowest BCUT2D eigenvalue weighted by atomic mass is 9.85. The van der Waals surface area contributed by atoms with Gasteiger partial charge in [-0.05, 0) is 12.5 Å². The van der Waals surface area contributed by atoms with E-state index in [1.54, 1.807) is 18.5 Å². The molecule has 1 saturated heterocycles.